The van der Waals surface area contributed by atoms with Crippen molar-refractivity contribution in [3.8, 4) is 0 Å². The van der Waals surface area contributed by atoms with E-state index in [4.69, 9.17) is 5.73 Å². The maximum absolute atomic E-state index is 10.6. The second-order valence-electron chi connectivity index (χ2n) is 4.05. The van der Waals surface area contributed by atoms with E-state index in [9.17, 15) is 4.79 Å². The Balaban J connectivity index is 2.06. The molecule has 1 fully saturated rings. The maximum atomic E-state index is 10.6. The summed E-state index contributed by atoms with van der Waals surface area (Å²) in [5.41, 5.74) is 5.68. The Morgan fingerprint density at radius 1 is 1.53 bits per heavy atom. The van der Waals surface area contributed by atoms with Gasteiger partial charge in [-0.3, -0.25) is 4.79 Å². The van der Waals surface area contributed by atoms with Gasteiger partial charge in [0.25, 0.3) is 0 Å². The molecule has 0 saturated carbocycles. The molecule has 4 heteroatoms. The molecule has 0 bridgehead atoms. The highest BCUT2D eigenvalue weighted by atomic mass is 32.1. The number of hydrogen-bond acceptors (Lipinski definition) is 4. The lowest BCUT2D eigenvalue weighted by Crippen LogP contribution is -2.38. The van der Waals surface area contributed by atoms with Crippen LogP contribution in [-0.4, -0.2) is 25.9 Å². The summed E-state index contributed by atoms with van der Waals surface area (Å²) < 4.78 is 0. The predicted octanol–water partition coefficient (Wildman–Crippen LogP) is 1.21. The highest BCUT2D eigenvalue weighted by Crippen LogP contribution is 2.30. The molecule has 3 nitrogen and oxygen atoms in total. The van der Waals surface area contributed by atoms with Gasteiger partial charge in [0.05, 0.1) is 4.88 Å². The molecule has 1 aliphatic heterocycles. The monoisotopic (exact) mass is 224 g/mol. The second kappa shape index (κ2) is 4.88. The normalized spacial score (nSPS) is 26.5. The molecule has 1 aromatic heterocycles. The van der Waals surface area contributed by atoms with Crippen LogP contribution in [0, 0.1) is 5.92 Å². The smallest absolute Gasteiger partial charge is 0.160 e. The van der Waals surface area contributed by atoms with Crippen molar-refractivity contribution in [3.63, 3.8) is 0 Å². The topological polar surface area (TPSA) is 55.1 Å². The zero-order valence-electron chi connectivity index (χ0n) is 8.61. The predicted molar refractivity (Wildman–Crippen MR) is 62.5 cm³/mol. The van der Waals surface area contributed by atoms with Crippen LogP contribution in [0.5, 0.6) is 0 Å². The van der Waals surface area contributed by atoms with Gasteiger partial charge < -0.3 is 11.1 Å². The van der Waals surface area contributed by atoms with Crippen molar-refractivity contribution in [1.29, 1.82) is 0 Å². The number of hydrogen-bond donors (Lipinski definition) is 2. The van der Waals surface area contributed by atoms with Crippen LogP contribution in [0.3, 0.4) is 0 Å². The first-order valence-electron chi connectivity index (χ1n) is 5.29. The minimum Gasteiger partial charge on any atom is -0.330 e. The van der Waals surface area contributed by atoms with Crippen LogP contribution in [0.2, 0.25) is 0 Å². The molecule has 2 rings (SSSR count). The van der Waals surface area contributed by atoms with E-state index in [0.29, 0.717) is 11.8 Å². The van der Waals surface area contributed by atoms with Crippen molar-refractivity contribution in [2.75, 3.05) is 19.6 Å². The molecule has 0 spiro atoms. The molecule has 1 aromatic rings. The van der Waals surface area contributed by atoms with Gasteiger partial charge in [0.1, 0.15) is 0 Å². The Morgan fingerprint density at radius 3 is 3.07 bits per heavy atom. The SMILES string of the molecule is NCC1CNCC(c2ccc(C=O)s2)C1. The number of rotatable bonds is 3. The molecule has 0 aliphatic carbocycles. The number of carbonyl (C=O) groups excluding carboxylic acids is 1. The molecule has 3 N–H and O–H groups in total. The van der Waals surface area contributed by atoms with E-state index in [1.165, 1.54) is 4.88 Å². The molecular formula is C11H16N2OS. The highest BCUT2D eigenvalue weighted by Gasteiger charge is 2.22. The summed E-state index contributed by atoms with van der Waals surface area (Å²) in [5, 5.41) is 3.40. The fourth-order valence-corrected chi connectivity index (χ4v) is 3.02. The summed E-state index contributed by atoms with van der Waals surface area (Å²) in [6.07, 6.45) is 2.06. The summed E-state index contributed by atoms with van der Waals surface area (Å²) >= 11 is 1.60. The lowest BCUT2D eigenvalue weighted by Gasteiger charge is -2.28. The molecule has 1 aliphatic rings. The van der Waals surface area contributed by atoms with Gasteiger partial charge in [0.2, 0.25) is 0 Å². The minimum absolute atomic E-state index is 0.533. The van der Waals surface area contributed by atoms with Crippen LogP contribution in [0.25, 0.3) is 0 Å². The largest absolute Gasteiger partial charge is 0.330 e. The van der Waals surface area contributed by atoms with Crippen LogP contribution in [0.1, 0.15) is 26.9 Å². The average Bonchev–Trinajstić information content (AvgIpc) is 2.78. The van der Waals surface area contributed by atoms with Crippen molar-refractivity contribution in [3.05, 3.63) is 21.9 Å². The van der Waals surface area contributed by atoms with Crippen LogP contribution in [0.15, 0.2) is 12.1 Å². The summed E-state index contributed by atoms with van der Waals surface area (Å²) in [6.45, 7) is 2.78. The zero-order valence-corrected chi connectivity index (χ0v) is 9.43. The first-order chi connectivity index (χ1) is 7.33. The van der Waals surface area contributed by atoms with Crippen molar-refractivity contribution >= 4 is 17.6 Å². The number of carbonyl (C=O) groups is 1. The maximum Gasteiger partial charge on any atom is 0.160 e. The Hall–Kier alpha value is -0.710. The molecule has 0 amide bonds. The van der Waals surface area contributed by atoms with Gasteiger partial charge in [-0.25, -0.2) is 0 Å². The summed E-state index contributed by atoms with van der Waals surface area (Å²) in [7, 11) is 0. The molecule has 82 valence electrons. The lowest BCUT2D eigenvalue weighted by atomic mass is 9.89. The Morgan fingerprint density at radius 2 is 2.40 bits per heavy atom. The van der Waals surface area contributed by atoms with Crippen molar-refractivity contribution < 1.29 is 4.79 Å². The van der Waals surface area contributed by atoms with E-state index >= 15 is 0 Å². The molecule has 0 aromatic carbocycles. The standard InChI is InChI=1S/C11H16N2OS/c12-4-8-3-9(6-13-5-8)11-2-1-10(7-14)15-11/h1-2,7-9,13H,3-6,12H2. The number of piperidine rings is 1. The third-order valence-corrected chi connectivity index (χ3v) is 4.11. The minimum atomic E-state index is 0.533. The Labute approximate surface area is 93.7 Å². The van der Waals surface area contributed by atoms with E-state index in [0.717, 1.165) is 37.2 Å². The van der Waals surface area contributed by atoms with Gasteiger partial charge in [0, 0.05) is 17.3 Å². The summed E-state index contributed by atoms with van der Waals surface area (Å²) in [5.74, 6) is 1.11. The van der Waals surface area contributed by atoms with E-state index in [1.807, 2.05) is 6.07 Å². The quantitative estimate of drug-likeness (QED) is 0.759. The van der Waals surface area contributed by atoms with E-state index < -0.39 is 0 Å². The first-order valence-corrected chi connectivity index (χ1v) is 6.11. The average molecular weight is 224 g/mol. The molecule has 0 radical (unpaired) electrons. The summed E-state index contributed by atoms with van der Waals surface area (Å²) in [6, 6.07) is 3.97. The fraction of sp³-hybridized carbons (Fsp3) is 0.545. The Kier molecular flexibility index (Phi) is 3.51. The Bertz CT molecular complexity index is 337. The lowest BCUT2D eigenvalue weighted by molar-refractivity contribution is 0.112. The van der Waals surface area contributed by atoms with E-state index in [1.54, 1.807) is 11.3 Å². The van der Waals surface area contributed by atoms with Crippen LogP contribution in [0.4, 0.5) is 0 Å². The number of nitrogens with two attached hydrogens (primary N) is 1. The molecule has 2 atom stereocenters. The molecule has 2 unspecified atom stereocenters. The van der Waals surface area contributed by atoms with Crippen molar-refractivity contribution in [2.45, 2.75) is 12.3 Å². The first kappa shape index (κ1) is 10.8. The molecule has 1 saturated heterocycles. The van der Waals surface area contributed by atoms with Crippen molar-refractivity contribution in [1.82, 2.24) is 5.32 Å². The van der Waals surface area contributed by atoms with Crippen LogP contribution in [-0.2, 0) is 0 Å². The zero-order chi connectivity index (χ0) is 10.7. The van der Waals surface area contributed by atoms with Gasteiger partial charge in [-0.15, -0.1) is 11.3 Å². The molecule has 15 heavy (non-hydrogen) atoms. The van der Waals surface area contributed by atoms with Gasteiger partial charge in [-0.05, 0) is 37.6 Å². The highest BCUT2D eigenvalue weighted by molar-refractivity contribution is 7.13. The second-order valence-corrected chi connectivity index (χ2v) is 5.20. The third kappa shape index (κ3) is 2.45. The van der Waals surface area contributed by atoms with Gasteiger partial charge in [-0.2, -0.15) is 0 Å². The van der Waals surface area contributed by atoms with Gasteiger partial charge in [-0.1, -0.05) is 0 Å². The van der Waals surface area contributed by atoms with Crippen LogP contribution < -0.4 is 11.1 Å². The van der Waals surface area contributed by atoms with E-state index in [-0.39, 0.29) is 0 Å². The fourth-order valence-electron chi connectivity index (χ4n) is 2.08. The van der Waals surface area contributed by atoms with E-state index in [2.05, 4.69) is 11.4 Å². The van der Waals surface area contributed by atoms with Gasteiger partial charge >= 0.3 is 0 Å². The van der Waals surface area contributed by atoms with Gasteiger partial charge in [0.15, 0.2) is 6.29 Å². The van der Waals surface area contributed by atoms with Crippen LogP contribution >= 0.6 is 11.3 Å². The number of nitrogens with one attached hydrogen (secondary N) is 1. The number of thiophene rings is 1. The number of aldehydes is 1. The molecule has 2 heterocycles. The third-order valence-electron chi connectivity index (χ3n) is 2.94. The molecular weight excluding hydrogens is 208 g/mol. The van der Waals surface area contributed by atoms with Crippen molar-refractivity contribution in [2.24, 2.45) is 11.7 Å². The summed E-state index contributed by atoms with van der Waals surface area (Å²) in [4.78, 5) is 12.7.